The molecule has 0 N–H and O–H groups in total. The molecule has 0 aliphatic rings. The van der Waals surface area contributed by atoms with Crippen LogP contribution in [0.4, 0.5) is 0 Å². The summed E-state index contributed by atoms with van der Waals surface area (Å²) in [5.41, 5.74) is 0. The van der Waals surface area contributed by atoms with E-state index in [9.17, 15) is 0 Å². The van der Waals surface area contributed by atoms with Crippen LogP contribution >= 0.6 is 17.5 Å². The molecule has 1 atom stereocenters. The Morgan fingerprint density at radius 2 is 2.00 bits per heavy atom. The van der Waals surface area contributed by atoms with Crippen LogP contribution in [0.5, 0.6) is 0 Å². The summed E-state index contributed by atoms with van der Waals surface area (Å²) in [7, 11) is 1.65. The molecule has 0 bridgehead atoms. The second kappa shape index (κ2) is 4.83. The maximum atomic E-state index is 5.03. The van der Waals surface area contributed by atoms with Gasteiger partial charge in [0.1, 0.15) is 0 Å². The summed E-state index contributed by atoms with van der Waals surface area (Å²) in [5, 5.41) is 0. The Morgan fingerprint density at radius 3 is 2.55 bits per heavy atom. The van der Waals surface area contributed by atoms with Gasteiger partial charge in [0.05, 0.1) is 12.0 Å². The first kappa shape index (κ1) is 9.14. The normalized spacial score (nSPS) is 11.2. The van der Waals surface area contributed by atoms with E-state index in [4.69, 9.17) is 16.3 Å². The smallest absolute Gasteiger partial charge is 0.161 e. The van der Waals surface area contributed by atoms with E-state index in [0.717, 1.165) is 0 Å². The fraction of sp³-hybridized carbons (Fsp3) is 0.143. The fourth-order valence-corrected chi connectivity index (χ4v) is 3.01. The Labute approximate surface area is 76.4 Å². The van der Waals surface area contributed by atoms with Crippen molar-refractivity contribution in [3.63, 3.8) is 0 Å². The largest absolute Gasteiger partial charge is 0.419 e. The van der Waals surface area contributed by atoms with E-state index in [-0.39, 0.29) is 0 Å². The zero-order chi connectivity index (χ0) is 8.10. The molecule has 1 unspecified atom stereocenters. The standard InChI is InChI=1S/C7H8OPS2/c1-8-9(10)11-7-5-3-2-4-6-7/h2-6H,1H3/q+1. The topological polar surface area (TPSA) is 9.23 Å². The Kier molecular flexibility index (Phi) is 4.02. The van der Waals surface area contributed by atoms with Crippen molar-refractivity contribution in [3.8, 4) is 0 Å². The monoisotopic (exact) mass is 203 g/mol. The molecule has 0 aliphatic carbocycles. The number of benzene rings is 1. The summed E-state index contributed by atoms with van der Waals surface area (Å²) in [6.45, 7) is 0. The van der Waals surface area contributed by atoms with E-state index in [1.54, 1.807) is 18.5 Å². The van der Waals surface area contributed by atoms with Crippen molar-refractivity contribution in [1.29, 1.82) is 0 Å². The van der Waals surface area contributed by atoms with Crippen molar-refractivity contribution in [3.05, 3.63) is 30.3 Å². The average Bonchev–Trinajstić information content (AvgIpc) is 2.06. The minimum atomic E-state index is -0.755. The molecule has 0 amide bonds. The molecule has 11 heavy (non-hydrogen) atoms. The van der Waals surface area contributed by atoms with Gasteiger partial charge in [0.25, 0.3) is 0 Å². The van der Waals surface area contributed by atoms with E-state index in [1.165, 1.54) is 4.90 Å². The average molecular weight is 203 g/mol. The van der Waals surface area contributed by atoms with Gasteiger partial charge in [0, 0.05) is 0 Å². The van der Waals surface area contributed by atoms with Crippen LogP contribution in [0.2, 0.25) is 0 Å². The molecule has 1 aromatic rings. The molecule has 0 saturated carbocycles. The second-order valence-electron chi connectivity index (χ2n) is 1.81. The van der Waals surface area contributed by atoms with Gasteiger partial charge in [-0.1, -0.05) is 18.2 Å². The lowest BCUT2D eigenvalue weighted by Crippen LogP contribution is -1.65. The highest BCUT2D eigenvalue weighted by atomic mass is 32.9. The Hall–Kier alpha value is 0.0500. The second-order valence-corrected chi connectivity index (χ2v) is 6.51. The van der Waals surface area contributed by atoms with Crippen molar-refractivity contribution in [2.75, 3.05) is 7.11 Å². The predicted octanol–water partition coefficient (Wildman–Crippen LogP) is 3.20. The maximum absolute atomic E-state index is 5.03. The maximum Gasteiger partial charge on any atom is 0.419 e. The van der Waals surface area contributed by atoms with Crippen molar-refractivity contribution >= 4 is 29.3 Å². The van der Waals surface area contributed by atoms with E-state index in [0.29, 0.717) is 0 Å². The molecule has 1 nitrogen and oxygen atoms in total. The molecule has 0 spiro atoms. The summed E-state index contributed by atoms with van der Waals surface area (Å²) in [4.78, 5) is 1.18. The van der Waals surface area contributed by atoms with Crippen molar-refractivity contribution in [2.24, 2.45) is 0 Å². The highest BCUT2D eigenvalue weighted by molar-refractivity contribution is 8.62. The molecule has 0 aromatic heterocycles. The number of hydrogen-bond donors (Lipinski definition) is 0. The van der Waals surface area contributed by atoms with Crippen LogP contribution in [0, 0.1) is 0 Å². The third-order valence-electron chi connectivity index (χ3n) is 1.07. The molecule has 4 heteroatoms. The van der Waals surface area contributed by atoms with Crippen LogP contribution in [0.3, 0.4) is 0 Å². The molecule has 0 saturated heterocycles. The van der Waals surface area contributed by atoms with Gasteiger partial charge < -0.3 is 0 Å². The summed E-state index contributed by atoms with van der Waals surface area (Å²) in [6.07, 6.45) is -0.755. The summed E-state index contributed by atoms with van der Waals surface area (Å²) in [5.74, 6) is 0. The molecule has 0 fully saturated rings. The molecular weight excluding hydrogens is 195 g/mol. The van der Waals surface area contributed by atoms with Gasteiger partial charge in [-0.15, -0.1) is 0 Å². The van der Waals surface area contributed by atoms with E-state index in [1.807, 2.05) is 30.3 Å². The quantitative estimate of drug-likeness (QED) is 0.698. The van der Waals surface area contributed by atoms with Crippen LogP contribution in [-0.2, 0) is 16.3 Å². The Balaban J connectivity index is 2.58. The SMILES string of the molecule is CO[P+](=S)Sc1ccccc1. The van der Waals surface area contributed by atoms with Crippen molar-refractivity contribution < 1.29 is 4.52 Å². The molecule has 0 aliphatic heterocycles. The lowest BCUT2D eigenvalue weighted by Gasteiger charge is -1.87. The van der Waals surface area contributed by atoms with Crippen LogP contribution in [0.15, 0.2) is 35.2 Å². The van der Waals surface area contributed by atoms with Crippen molar-refractivity contribution in [2.45, 2.75) is 4.90 Å². The summed E-state index contributed by atoms with van der Waals surface area (Å²) < 4.78 is 5.00. The van der Waals surface area contributed by atoms with Gasteiger partial charge in [-0.3, -0.25) is 0 Å². The number of hydrogen-bond acceptors (Lipinski definition) is 3. The lowest BCUT2D eigenvalue weighted by molar-refractivity contribution is 0.484. The van der Waals surface area contributed by atoms with E-state index < -0.39 is 6.13 Å². The van der Waals surface area contributed by atoms with E-state index in [2.05, 4.69) is 0 Å². The fourth-order valence-electron chi connectivity index (χ4n) is 0.605. The molecule has 1 aromatic carbocycles. The Morgan fingerprint density at radius 1 is 1.36 bits per heavy atom. The first-order chi connectivity index (χ1) is 5.33. The molecule has 0 heterocycles. The molecule has 58 valence electrons. The minimum absolute atomic E-state index is 0.755. The van der Waals surface area contributed by atoms with Crippen LogP contribution < -0.4 is 0 Å². The highest BCUT2D eigenvalue weighted by Crippen LogP contribution is 2.43. The van der Waals surface area contributed by atoms with E-state index >= 15 is 0 Å². The van der Waals surface area contributed by atoms with Gasteiger partial charge in [0.15, 0.2) is 11.4 Å². The predicted molar refractivity (Wildman–Crippen MR) is 53.6 cm³/mol. The first-order valence-electron chi connectivity index (χ1n) is 3.07. The van der Waals surface area contributed by atoms with Gasteiger partial charge in [-0.25, -0.2) is 0 Å². The van der Waals surface area contributed by atoms with Gasteiger partial charge in [-0.2, -0.15) is 4.52 Å². The zero-order valence-corrected chi connectivity index (χ0v) is 8.59. The Bertz CT molecular complexity index is 237. The van der Waals surface area contributed by atoms with Gasteiger partial charge in [-0.05, 0) is 12.1 Å². The van der Waals surface area contributed by atoms with Crippen LogP contribution in [0.25, 0.3) is 0 Å². The lowest BCUT2D eigenvalue weighted by atomic mass is 10.4. The first-order valence-corrected chi connectivity index (χ1v) is 6.77. The van der Waals surface area contributed by atoms with Crippen molar-refractivity contribution in [1.82, 2.24) is 0 Å². The third kappa shape index (κ3) is 3.30. The van der Waals surface area contributed by atoms with Crippen LogP contribution in [-0.4, -0.2) is 7.11 Å². The highest BCUT2D eigenvalue weighted by Gasteiger charge is 2.11. The summed E-state index contributed by atoms with van der Waals surface area (Å²) in [6, 6.07) is 10.0. The van der Waals surface area contributed by atoms with Gasteiger partial charge in [0.2, 0.25) is 11.8 Å². The molecular formula is C7H8OPS2+. The molecule has 0 radical (unpaired) electrons. The minimum Gasteiger partial charge on any atom is -0.161 e. The van der Waals surface area contributed by atoms with Crippen LogP contribution in [0.1, 0.15) is 0 Å². The zero-order valence-electron chi connectivity index (χ0n) is 6.06. The molecule has 1 rings (SSSR count). The third-order valence-corrected chi connectivity index (χ3v) is 4.65. The summed E-state index contributed by atoms with van der Waals surface area (Å²) >= 11 is 6.63. The van der Waals surface area contributed by atoms with Gasteiger partial charge >= 0.3 is 6.13 Å². The number of rotatable bonds is 3.